The maximum absolute atomic E-state index is 9.44. The van der Waals surface area contributed by atoms with Crippen LogP contribution in [0.3, 0.4) is 0 Å². The molecule has 0 aromatic rings. The maximum Gasteiger partial charge on any atom is 0.111 e. The predicted octanol–water partition coefficient (Wildman–Crippen LogP) is -1.50. The van der Waals surface area contributed by atoms with E-state index in [-0.39, 0.29) is 6.61 Å². The van der Waals surface area contributed by atoms with Crippen molar-refractivity contribution in [1.82, 2.24) is 0 Å². The van der Waals surface area contributed by atoms with Crippen LogP contribution in [0.4, 0.5) is 0 Å². The van der Waals surface area contributed by atoms with Gasteiger partial charge in [-0.15, -0.1) is 0 Å². The zero-order chi connectivity index (χ0) is 10.0. The Hall–Kier alpha value is -0.200. The Bertz CT molecular complexity index is 163. The summed E-state index contributed by atoms with van der Waals surface area (Å²) < 4.78 is 10.0. The van der Waals surface area contributed by atoms with Crippen LogP contribution in [-0.2, 0) is 9.47 Å². The van der Waals surface area contributed by atoms with Crippen molar-refractivity contribution >= 4 is 0 Å². The second-order valence-corrected chi connectivity index (χ2v) is 3.31. The van der Waals surface area contributed by atoms with Crippen LogP contribution >= 0.6 is 0 Å². The molecule has 5 heteroatoms. The van der Waals surface area contributed by atoms with Gasteiger partial charge in [-0.2, -0.15) is 0 Å². The number of hydrogen-bond acceptors (Lipinski definition) is 5. The van der Waals surface area contributed by atoms with Gasteiger partial charge in [0.15, 0.2) is 0 Å². The van der Waals surface area contributed by atoms with Gasteiger partial charge in [0.25, 0.3) is 0 Å². The minimum Gasteiger partial charge on any atom is -0.388 e. The lowest BCUT2D eigenvalue weighted by atomic mass is 9.96. The van der Waals surface area contributed by atoms with Gasteiger partial charge in [-0.05, 0) is 6.92 Å². The van der Waals surface area contributed by atoms with Crippen LogP contribution in [-0.4, -0.2) is 59.6 Å². The minimum atomic E-state index is -1.16. The van der Waals surface area contributed by atoms with Gasteiger partial charge in [-0.1, -0.05) is 0 Å². The highest BCUT2D eigenvalue weighted by atomic mass is 16.6. The molecule has 0 amide bonds. The van der Waals surface area contributed by atoms with Crippen LogP contribution in [0.2, 0.25) is 0 Å². The highest BCUT2D eigenvalue weighted by Gasteiger charge is 2.41. The van der Waals surface area contributed by atoms with E-state index in [4.69, 9.17) is 9.47 Å². The molecule has 0 unspecified atom stereocenters. The highest BCUT2D eigenvalue weighted by molar-refractivity contribution is 4.90. The molecule has 0 aliphatic carbocycles. The van der Waals surface area contributed by atoms with E-state index in [2.05, 4.69) is 0 Å². The van der Waals surface area contributed by atoms with Crippen LogP contribution in [0.1, 0.15) is 6.92 Å². The molecule has 1 fully saturated rings. The Morgan fingerprint density at radius 1 is 1.15 bits per heavy atom. The van der Waals surface area contributed by atoms with Gasteiger partial charge in [-0.25, -0.2) is 0 Å². The molecule has 1 aliphatic heterocycles. The summed E-state index contributed by atoms with van der Waals surface area (Å²) in [6.07, 6.45) is -4.35. The van der Waals surface area contributed by atoms with Crippen molar-refractivity contribution in [3.63, 3.8) is 0 Å². The number of methoxy groups -OCH3 is 1. The van der Waals surface area contributed by atoms with Gasteiger partial charge in [0, 0.05) is 7.11 Å². The molecule has 3 N–H and O–H groups in total. The zero-order valence-corrected chi connectivity index (χ0v) is 7.75. The second-order valence-electron chi connectivity index (χ2n) is 3.31. The van der Waals surface area contributed by atoms with Gasteiger partial charge in [0.05, 0.1) is 12.7 Å². The standard InChI is InChI=1S/C8H16O5/c1-4-6(9)8(11)7(10)5(13-4)3-12-2/h4-11H,3H2,1-2H3/t4-,5+,6-,7+,8+/m0/s1. The zero-order valence-electron chi connectivity index (χ0n) is 7.75. The Kier molecular flexibility index (Phi) is 3.63. The molecule has 5 nitrogen and oxygen atoms in total. The summed E-state index contributed by atoms with van der Waals surface area (Å²) in [6, 6.07) is 0. The van der Waals surface area contributed by atoms with Crippen LogP contribution in [0.25, 0.3) is 0 Å². The Labute approximate surface area is 76.9 Å². The molecule has 1 saturated heterocycles. The van der Waals surface area contributed by atoms with Crippen molar-refractivity contribution < 1.29 is 24.8 Å². The van der Waals surface area contributed by atoms with Gasteiger partial charge in [-0.3, -0.25) is 0 Å². The lowest BCUT2D eigenvalue weighted by Crippen LogP contribution is -2.57. The fourth-order valence-electron chi connectivity index (χ4n) is 1.44. The summed E-state index contributed by atoms with van der Waals surface area (Å²) >= 11 is 0. The first-order valence-electron chi connectivity index (χ1n) is 4.26. The van der Waals surface area contributed by atoms with Crippen molar-refractivity contribution in [3.8, 4) is 0 Å². The van der Waals surface area contributed by atoms with E-state index < -0.39 is 30.5 Å². The fourth-order valence-corrected chi connectivity index (χ4v) is 1.44. The van der Waals surface area contributed by atoms with E-state index in [1.807, 2.05) is 0 Å². The first-order valence-corrected chi connectivity index (χ1v) is 4.26. The molecule has 78 valence electrons. The predicted molar refractivity (Wildman–Crippen MR) is 44.2 cm³/mol. The summed E-state index contributed by atoms with van der Waals surface area (Å²) in [5, 5.41) is 28.1. The number of aliphatic hydroxyl groups is 3. The van der Waals surface area contributed by atoms with Crippen LogP contribution < -0.4 is 0 Å². The van der Waals surface area contributed by atoms with Crippen LogP contribution in [0.15, 0.2) is 0 Å². The first kappa shape index (κ1) is 10.9. The quantitative estimate of drug-likeness (QED) is 0.496. The Balaban J connectivity index is 2.59. The maximum atomic E-state index is 9.44. The van der Waals surface area contributed by atoms with Crippen LogP contribution in [0, 0.1) is 0 Å². The highest BCUT2D eigenvalue weighted by Crippen LogP contribution is 2.20. The molecule has 13 heavy (non-hydrogen) atoms. The van der Waals surface area contributed by atoms with Gasteiger partial charge < -0.3 is 24.8 Å². The topological polar surface area (TPSA) is 79.2 Å². The van der Waals surface area contributed by atoms with Gasteiger partial charge in [0.1, 0.15) is 24.4 Å². The lowest BCUT2D eigenvalue weighted by Gasteiger charge is -2.39. The van der Waals surface area contributed by atoms with E-state index in [0.717, 1.165) is 0 Å². The van der Waals surface area contributed by atoms with E-state index in [1.165, 1.54) is 7.11 Å². The Morgan fingerprint density at radius 2 is 1.77 bits per heavy atom. The van der Waals surface area contributed by atoms with Crippen molar-refractivity contribution in [3.05, 3.63) is 0 Å². The largest absolute Gasteiger partial charge is 0.388 e. The average molecular weight is 192 g/mol. The summed E-state index contributed by atoms with van der Waals surface area (Å²) in [5.74, 6) is 0. The number of hydrogen-bond donors (Lipinski definition) is 3. The molecule has 0 spiro atoms. The van der Waals surface area contributed by atoms with Crippen LogP contribution in [0.5, 0.6) is 0 Å². The lowest BCUT2D eigenvalue weighted by molar-refractivity contribution is -0.226. The molecule has 5 atom stereocenters. The van der Waals surface area contributed by atoms with E-state index >= 15 is 0 Å². The van der Waals surface area contributed by atoms with Gasteiger partial charge in [0.2, 0.25) is 0 Å². The SMILES string of the molecule is COC[C@H]1O[C@@H](C)[C@H](O)[C@@H](O)[C@@H]1O. The van der Waals surface area contributed by atoms with E-state index in [1.54, 1.807) is 6.92 Å². The van der Waals surface area contributed by atoms with Gasteiger partial charge >= 0.3 is 0 Å². The third kappa shape index (κ3) is 2.18. The summed E-state index contributed by atoms with van der Waals surface area (Å²) in [7, 11) is 1.48. The molecule has 1 heterocycles. The normalized spacial score (nSPS) is 46.4. The van der Waals surface area contributed by atoms with Crippen molar-refractivity contribution in [2.45, 2.75) is 37.4 Å². The third-order valence-electron chi connectivity index (χ3n) is 2.28. The van der Waals surface area contributed by atoms with Crippen molar-refractivity contribution in [1.29, 1.82) is 0 Å². The average Bonchev–Trinajstić information content (AvgIpc) is 2.11. The number of aliphatic hydroxyl groups excluding tert-OH is 3. The van der Waals surface area contributed by atoms with Crippen molar-refractivity contribution in [2.24, 2.45) is 0 Å². The monoisotopic (exact) mass is 192 g/mol. The van der Waals surface area contributed by atoms with E-state index in [0.29, 0.717) is 0 Å². The number of ether oxygens (including phenoxy) is 2. The molecule has 1 aliphatic rings. The molecule has 0 saturated carbocycles. The molecule has 0 aromatic heterocycles. The third-order valence-corrected chi connectivity index (χ3v) is 2.28. The molecule has 0 radical (unpaired) electrons. The van der Waals surface area contributed by atoms with Crippen molar-refractivity contribution in [2.75, 3.05) is 13.7 Å². The van der Waals surface area contributed by atoms with E-state index in [9.17, 15) is 15.3 Å². The fraction of sp³-hybridized carbons (Fsp3) is 1.00. The summed E-state index contributed by atoms with van der Waals surface area (Å²) in [5.41, 5.74) is 0. The molecular weight excluding hydrogens is 176 g/mol. The minimum absolute atomic E-state index is 0.204. The smallest absolute Gasteiger partial charge is 0.111 e. The molecule has 0 bridgehead atoms. The second kappa shape index (κ2) is 4.34. The summed E-state index contributed by atoms with van der Waals surface area (Å²) in [4.78, 5) is 0. The molecule has 0 aromatic carbocycles. The molecule has 1 rings (SSSR count). The first-order chi connectivity index (χ1) is 6.07. The number of rotatable bonds is 2. The summed E-state index contributed by atoms with van der Waals surface area (Å²) in [6.45, 7) is 1.84. The Morgan fingerprint density at radius 3 is 2.31 bits per heavy atom. The molecular formula is C8H16O5.